The van der Waals surface area contributed by atoms with Crippen LogP contribution in [0.2, 0.25) is 0 Å². The number of aliphatic hydroxyl groups excluding tert-OH is 1. The molecule has 0 fully saturated rings. The predicted octanol–water partition coefficient (Wildman–Crippen LogP) is 1.90. The second-order valence-electron chi connectivity index (χ2n) is 3.34. The van der Waals surface area contributed by atoms with Crippen molar-refractivity contribution in [1.29, 1.82) is 0 Å². The highest BCUT2D eigenvalue weighted by molar-refractivity contribution is 9.11. The summed E-state index contributed by atoms with van der Waals surface area (Å²) in [6, 6.07) is 4.98. The third-order valence-electron chi connectivity index (χ3n) is 1.86. The number of halogens is 2. The maximum Gasteiger partial charge on any atom is 0.338 e. The monoisotopic (exact) mass is 380 g/mol. The fourth-order valence-corrected chi connectivity index (χ4v) is 2.42. The second-order valence-corrected chi connectivity index (χ2v) is 5.17. The normalized spacial score (nSPS) is 11.7. The first-order valence-electron chi connectivity index (χ1n) is 4.89. The topological polar surface area (TPSA) is 72.8 Å². The van der Waals surface area contributed by atoms with Crippen LogP contribution in [-0.4, -0.2) is 36.9 Å². The van der Waals surface area contributed by atoms with Crippen molar-refractivity contribution in [2.75, 3.05) is 13.2 Å². The van der Waals surface area contributed by atoms with E-state index in [4.69, 9.17) is 4.74 Å². The quantitative estimate of drug-likeness (QED) is 0.601. The van der Waals surface area contributed by atoms with Crippen LogP contribution in [0.3, 0.4) is 0 Å². The Bertz CT molecular complexity index is 415. The van der Waals surface area contributed by atoms with Crippen molar-refractivity contribution >= 4 is 44.3 Å². The van der Waals surface area contributed by atoms with E-state index in [0.29, 0.717) is 5.56 Å². The van der Waals surface area contributed by atoms with Crippen LogP contribution in [0.25, 0.3) is 0 Å². The van der Waals surface area contributed by atoms with Gasteiger partial charge in [-0.05, 0) is 18.2 Å². The van der Waals surface area contributed by atoms with E-state index in [1.807, 2.05) is 0 Å². The highest BCUT2D eigenvalue weighted by Crippen LogP contribution is 2.20. The van der Waals surface area contributed by atoms with Crippen molar-refractivity contribution in [3.8, 4) is 0 Å². The average molecular weight is 382 g/mol. The zero-order valence-electron chi connectivity index (χ0n) is 9.14. The van der Waals surface area contributed by atoms with Crippen molar-refractivity contribution in [3.63, 3.8) is 0 Å². The van der Waals surface area contributed by atoms with Gasteiger partial charge in [0.2, 0.25) is 0 Å². The molecule has 0 aliphatic carbocycles. The van der Waals surface area contributed by atoms with Crippen molar-refractivity contribution in [2.24, 2.45) is 0 Å². The number of hydrogen-bond donors (Lipinski definition) is 1. The Hall–Kier alpha value is -0.920. The first-order chi connectivity index (χ1) is 8.52. The first kappa shape index (κ1) is 15.1. The fraction of sp³-hybridized carbons (Fsp3) is 0.273. The highest BCUT2D eigenvalue weighted by Gasteiger charge is 2.12. The highest BCUT2D eigenvalue weighted by atomic mass is 79.9. The summed E-state index contributed by atoms with van der Waals surface area (Å²) in [5.41, 5.74) is 0.347. The van der Waals surface area contributed by atoms with E-state index in [2.05, 4.69) is 36.6 Å². The molecule has 1 aromatic rings. The molecule has 0 aliphatic heterocycles. The molecule has 1 rings (SSSR count). The standard InChI is InChI=1S/C11H10Br2O5/c12-8-1-7(2-9(13)3-8)11(16)18-5-10(15)4-17-6-14/h1-3,6,10,15H,4-5H2. The summed E-state index contributed by atoms with van der Waals surface area (Å²) in [5.74, 6) is -0.567. The summed E-state index contributed by atoms with van der Waals surface area (Å²) in [5, 5.41) is 9.31. The molecule has 0 aromatic heterocycles. The van der Waals surface area contributed by atoms with Gasteiger partial charge in [-0.15, -0.1) is 0 Å². The van der Waals surface area contributed by atoms with E-state index in [1.165, 1.54) is 0 Å². The maximum absolute atomic E-state index is 11.6. The molecule has 1 unspecified atom stereocenters. The Labute approximate surface area is 120 Å². The van der Waals surface area contributed by atoms with E-state index in [0.717, 1.165) is 8.95 Å². The molecule has 0 saturated carbocycles. The predicted molar refractivity (Wildman–Crippen MR) is 70.1 cm³/mol. The van der Waals surface area contributed by atoms with Crippen molar-refractivity contribution in [1.82, 2.24) is 0 Å². The average Bonchev–Trinajstić information content (AvgIpc) is 2.32. The molecule has 5 nitrogen and oxygen atoms in total. The Balaban J connectivity index is 2.52. The molecule has 1 aromatic carbocycles. The molecule has 0 bridgehead atoms. The molecule has 1 N–H and O–H groups in total. The first-order valence-corrected chi connectivity index (χ1v) is 6.48. The summed E-state index contributed by atoms with van der Waals surface area (Å²) in [7, 11) is 0. The van der Waals surface area contributed by atoms with Crippen molar-refractivity contribution in [3.05, 3.63) is 32.7 Å². The number of carbonyl (C=O) groups excluding carboxylic acids is 2. The lowest BCUT2D eigenvalue weighted by molar-refractivity contribution is -0.132. The molecular formula is C11H10Br2O5. The van der Waals surface area contributed by atoms with Crippen LogP contribution in [-0.2, 0) is 14.3 Å². The van der Waals surface area contributed by atoms with Gasteiger partial charge in [0.05, 0.1) is 5.56 Å². The minimum atomic E-state index is -1.03. The van der Waals surface area contributed by atoms with Crippen LogP contribution in [0.4, 0.5) is 0 Å². The van der Waals surface area contributed by atoms with Crippen LogP contribution < -0.4 is 0 Å². The molecule has 18 heavy (non-hydrogen) atoms. The minimum Gasteiger partial charge on any atom is -0.465 e. The molecule has 1 atom stereocenters. The molecule has 98 valence electrons. The van der Waals surface area contributed by atoms with E-state index < -0.39 is 12.1 Å². The van der Waals surface area contributed by atoms with Gasteiger partial charge in [-0.1, -0.05) is 31.9 Å². The number of rotatable bonds is 6. The van der Waals surface area contributed by atoms with Gasteiger partial charge in [0.1, 0.15) is 19.3 Å². The third-order valence-corrected chi connectivity index (χ3v) is 2.78. The van der Waals surface area contributed by atoms with E-state index in [9.17, 15) is 14.7 Å². The van der Waals surface area contributed by atoms with Crippen molar-refractivity contribution in [2.45, 2.75) is 6.10 Å². The van der Waals surface area contributed by atoms with E-state index in [1.54, 1.807) is 18.2 Å². The molecule has 0 aliphatic rings. The van der Waals surface area contributed by atoms with Crippen LogP contribution in [0.15, 0.2) is 27.1 Å². The van der Waals surface area contributed by atoms with Gasteiger partial charge >= 0.3 is 5.97 Å². The molecule has 0 amide bonds. The Morgan fingerprint density at radius 1 is 1.28 bits per heavy atom. The zero-order valence-corrected chi connectivity index (χ0v) is 12.3. The molecule has 0 saturated heterocycles. The summed E-state index contributed by atoms with van der Waals surface area (Å²) in [6.07, 6.45) is -1.03. The lowest BCUT2D eigenvalue weighted by Gasteiger charge is -2.10. The zero-order chi connectivity index (χ0) is 13.5. The lowest BCUT2D eigenvalue weighted by Crippen LogP contribution is -2.23. The number of esters is 1. The summed E-state index contributed by atoms with van der Waals surface area (Å²) < 4.78 is 10.7. The van der Waals surface area contributed by atoms with Gasteiger partial charge in [0.25, 0.3) is 6.47 Å². The van der Waals surface area contributed by atoms with E-state index in [-0.39, 0.29) is 19.7 Å². The minimum absolute atomic E-state index is 0.209. The van der Waals surface area contributed by atoms with Crippen LogP contribution in [0, 0.1) is 0 Å². The van der Waals surface area contributed by atoms with Crippen LogP contribution in [0.1, 0.15) is 10.4 Å². The molecule has 0 heterocycles. The molecular weight excluding hydrogens is 372 g/mol. The van der Waals surface area contributed by atoms with Crippen molar-refractivity contribution < 1.29 is 24.2 Å². The van der Waals surface area contributed by atoms with Gasteiger partial charge in [0.15, 0.2) is 0 Å². The lowest BCUT2D eigenvalue weighted by atomic mass is 10.2. The van der Waals surface area contributed by atoms with Crippen LogP contribution >= 0.6 is 31.9 Å². The summed E-state index contributed by atoms with van der Waals surface area (Å²) in [6.45, 7) is -0.230. The fourth-order valence-electron chi connectivity index (χ4n) is 1.13. The third kappa shape index (κ3) is 5.16. The Morgan fingerprint density at radius 3 is 2.44 bits per heavy atom. The van der Waals surface area contributed by atoms with Gasteiger partial charge in [-0.3, -0.25) is 4.79 Å². The SMILES string of the molecule is O=COCC(O)COC(=O)c1cc(Br)cc(Br)c1. The molecule has 0 spiro atoms. The molecule has 0 radical (unpaired) electrons. The smallest absolute Gasteiger partial charge is 0.338 e. The summed E-state index contributed by atoms with van der Waals surface area (Å²) >= 11 is 6.50. The Kier molecular flexibility index (Phi) is 6.31. The second kappa shape index (κ2) is 7.50. The maximum atomic E-state index is 11.6. The van der Waals surface area contributed by atoms with Gasteiger partial charge in [0, 0.05) is 8.95 Å². The van der Waals surface area contributed by atoms with Gasteiger partial charge in [-0.2, -0.15) is 0 Å². The van der Waals surface area contributed by atoms with Crippen LogP contribution in [0.5, 0.6) is 0 Å². The number of hydrogen-bond acceptors (Lipinski definition) is 5. The Morgan fingerprint density at radius 2 is 1.89 bits per heavy atom. The number of carbonyl (C=O) groups is 2. The number of benzene rings is 1. The summed E-state index contributed by atoms with van der Waals surface area (Å²) in [4.78, 5) is 21.5. The van der Waals surface area contributed by atoms with Gasteiger partial charge in [-0.25, -0.2) is 4.79 Å². The largest absolute Gasteiger partial charge is 0.465 e. The number of aliphatic hydroxyl groups is 1. The van der Waals surface area contributed by atoms with Gasteiger partial charge < -0.3 is 14.6 Å². The van der Waals surface area contributed by atoms with E-state index >= 15 is 0 Å². The molecule has 7 heteroatoms. The number of ether oxygens (including phenoxy) is 2.